The molecule has 2 nitrogen and oxygen atoms in total. The number of halogens is 4. The van der Waals surface area contributed by atoms with E-state index in [1.807, 2.05) is 0 Å². The Bertz CT molecular complexity index is 629. The molecule has 0 amide bonds. The van der Waals surface area contributed by atoms with Crippen LogP contribution in [0, 0.1) is 11.3 Å². The molecule has 1 aromatic heterocycles. The number of alkyl halides is 3. The van der Waals surface area contributed by atoms with Crippen LogP contribution < -0.4 is 0 Å². The summed E-state index contributed by atoms with van der Waals surface area (Å²) in [6, 6.07) is 6.68. The Balaban J connectivity index is 2.84. The van der Waals surface area contributed by atoms with E-state index in [2.05, 4.69) is 4.98 Å². The van der Waals surface area contributed by atoms with Crippen LogP contribution in [0.3, 0.4) is 0 Å². The molecule has 0 bridgehead atoms. The summed E-state index contributed by atoms with van der Waals surface area (Å²) in [6.45, 7) is 0. The molecule has 0 radical (unpaired) electrons. The number of aromatic nitrogens is 1. The van der Waals surface area contributed by atoms with Crippen LogP contribution in [0.1, 0.15) is 11.3 Å². The van der Waals surface area contributed by atoms with Gasteiger partial charge in [0.1, 0.15) is 11.8 Å². The number of hydrogen-bond acceptors (Lipinski definition) is 2. The maximum Gasteiger partial charge on any atom is 0.418 e. The summed E-state index contributed by atoms with van der Waals surface area (Å²) in [5.74, 6) is 0. The van der Waals surface area contributed by atoms with Gasteiger partial charge in [0, 0.05) is 5.39 Å². The van der Waals surface area contributed by atoms with Gasteiger partial charge in [-0.25, -0.2) is 4.98 Å². The van der Waals surface area contributed by atoms with E-state index in [-0.39, 0.29) is 21.6 Å². The van der Waals surface area contributed by atoms with Crippen LogP contribution in [0.25, 0.3) is 10.9 Å². The predicted octanol–water partition coefficient (Wildman–Crippen LogP) is 3.78. The highest BCUT2D eigenvalue weighted by Crippen LogP contribution is 2.39. The molecule has 1 aromatic carbocycles. The summed E-state index contributed by atoms with van der Waals surface area (Å²) < 4.78 is 38.4. The van der Waals surface area contributed by atoms with Crippen LogP contribution in [0.4, 0.5) is 13.2 Å². The number of fused-ring (bicyclic) bond motifs is 1. The lowest BCUT2D eigenvalue weighted by Gasteiger charge is -2.11. The molecule has 0 saturated heterocycles. The first-order chi connectivity index (χ1) is 7.93. The molecular weight excluding hydrogens is 253 g/mol. The Labute approximate surface area is 99.3 Å². The Morgan fingerprint density at radius 2 is 1.88 bits per heavy atom. The third-order valence-corrected chi connectivity index (χ3v) is 2.53. The van der Waals surface area contributed by atoms with Gasteiger partial charge in [-0.15, -0.1) is 0 Å². The lowest BCUT2D eigenvalue weighted by molar-refractivity contribution is -0.136. The predicted molar refractivity (Wildman–Crippen MR) is 56.5 cm³/mol. The molecule has 0 spiro atoms. The first-order valence-corrected chi connectivity index (χ1v) is 4.88. The van der Waals surface area contributed by atoms with Crippen LogP contribution in [0.5, 0.6) is 0 Å². The van der Waals surface area contributed by atoms with Crippen molar-refractivity contribution in [3.63, 3.8) is 0 Å². The van der Waals surface area contributed by atoms with Crippen LogP contribution in [0.2, 0.25) is 5.02 Å². The van der Waals surface area contributed by atoms with E-state index in [1.165, 1.54) is 18.2 Å². The second kappa shape index (κ2) is 3.90. The lowest BCUT2D eigenvalue weighted by atomic mass is 10.1. The Morgan fingerprint density at radius 3 is 2.47 bits per heavy atom. The standard InChI is InChI=1S/C11H4ClF3N2/c12-8-3-4-9-7(10(8)11(13,14)15)2-1-6(5-16)17-9/h1-4H. The van der Waals surface area contributed by atoms with Gasteiger partial charge in [-0.2, -0.15) is 18.4 Å². The van der Waals surface area contributed by atoms with Gasteiger partial charge in [-0.1, -0.05) is 11.6 Å². The quantitative estimate of drug-likeness (QED) is 0.719. The van der Waals surface area contributed by atoms with Crippen LogP contribution >= 0.6 is 11.6 Å². The van der Waals surface area contributed by atoms with Gasteiger partial charge in [0.05, 0.1) is 16.1 Å². The summed E-state index contributed by atoms with van der Waals surface area (Å²) in [4.78, 5) is 3.79. The Hall–Kier alpha value is -1.80. The molecule has 0 aliphatic carbocycles. The van der Waals surface area contributed by atoms with E-state index in [0.29, 0.717) is 0 Å². The zero-order valence-electron chi connectivity index (χ0n) is 8.22. The first kappa shape index (κ1) is 11.7. The molecule has 0 aliphatic heterocycles. The molecule has 0 N–H and O–H groups in total. The van der Waals surface area contributed by atoms with Crippen molar-refractivity contribution in [1.29, 1.82) is 5.26 Å². The highest BCUT2D eigenvalue weighted by molar-refractivity contribution is 6.32. The summed E-state index contributed by atoms with van der Waals surface area (Å²) >= 11 is 5.55. The molecule has 0 aliphatic rings. The van der Waals surface area contributed by atoms with E-state index >= 15 is 0 Å². The Kier molecular flexibility index (Phi) is 2.68. The van der Waals surface area contributed by atoms with Gasteiger partial charge in [0.25, 0.3) is 0 Å². The van der Waals surface area contributed by atoms with Crippen molar-refractivity contribution < 1.29 is 13.2 Å². The van der Waals surface area contributed by atoms with Crippen molar-refractivity contribution in [2.75, 3.05) is 0 Å². The summed E-state index contributed by atoms with van der Waals surface area (Å²) in [5, 5.41) is 8.13. The zero-order chi connectivity index (χ0) is 12.6. The van der Waals surface area contributed by atoms with Crippen molar-refractivity contribution >= 4 is 22.5 Å². The Morgan fingerprint density at radius 1 is 1.18 bits per heavy atom. The van der Waals surface area contributed by atoms with Crippen molar-refractivity contribution in [2.24, 2.45) is 0 Å². The second-order valence-corrected chi connectivity index (χ2v) is 3.70. The summed E-state index contributed by atoms with van der Waals surface area (Å²) in [6.07, 6.45) is -4.55. The highest BCUT2D eigenvalue weighted by Gasteiger charge is 2.35. The zero-order valence-corrected chi connectivity index (χ0v) is 8.97. The third kappa shape index (κ3) is 2.04. The minimum Gasteiger partial charge on any atom is -0.237 e. The van der Waals surface area contributed by atoms with E-state index in [0.717, 1.165) is 6.07 Å². The van der Waals surface area contributed by atoms with E-state index < -0.39 is 11.7 Å². The largest absolute Gasteiger partial charge is 0.418 e. The van der Waals surface area contributed by atoms with E-state index in [9.17, 15) is 13.2 Å². The highest BCUT2D eigenvalue weighted by atomic mass is 35.5. The number of nitrogens with zero attached hydrogens (tertiary/aromatic N) is 2. The SMILES string of the molecule is N#Cc1ccc2c(C(F)(F)F)c(Cl)ccc2n1. The molecule has 1 heterocycles. The maximum atomic E-state index is 12.8. The molecule has 2 aromatic rings. The van der Waals surface area contributed by atoms with E-state index in [4.69, 9.17) is 16.9 Å². The number of rotatable bonds is 0. The third-order valence-electron chi connectivity index (χ3n) is 2.22. The molecule has 0 saturated carbocycles. The number of benzene rings is 1. The fraction of sp³-hybridized carbons (Fsp3) is 0.0909. The van der Waals surface area contributed by atoms with Crippen molar-refractivity contribution in [3.05, 3.63) is 40.5 Å². The van der Waals surface area contributed by atoms with Crippen LogP contribution in [0.15, 0.2) is 24.3 Å². The van der Waals surface area contributed by atoms with Gasteiger partial charge in [-0.05, 0) is 24.3 Å². The molecule has 0 fully saturated rings. The van der Waals surface area contributed by atoms with Gasteiger partial charge in [-0.3, -0.25) is 0 Å². The average Bonchev–Trinajstić information content (AvgIpc) is 2.26. The monoisotopic (exact) mass is 256 g/mol. The molecule has 0 unspecified atom stereocenters. The van der Waals surface area contributed by atoms with Crippen LogP contribution in [-0.4, -0.2) is 4.98 Å². The smallest absolute Gasteiger partial charge is 0.237 e. The second-order valence-electron chi connectivity index (χ2n) is 3.30. The minimum absolute atomic E-state index is 0.0629. The van der Waals surface area contributed by atoms with Gasteiger partial charge in [0.15, 0.2) is 0 Å². The first-order valence-electron chi connectivity index (χ1n) is 4.50. The molecule has 17 heavy (non-hydrogen) atoms. The number of hydrogen-bond donors (Lipinski definition) is 0. The van der Waals surface area contributed by atoms with Gasteiger partial charge >= 0.3 is 6.18 Å². The summed E-state index contributed by atoms with van der Waals surface area (Å²) in [5.41, 5.74) is -0.762. The fourth-order valence-corrected chi connectivity index (χ4v) is 1.80. The fourth-order valence-electron chi connectivity index (χ4n) is 1.53. The molecule has 0 atom stereocenters. The minimum atomic E-state index is -4.55. The van der Waals surface area contributed by atoms with Crippen molar-refractivity contribution in [2.45, 2.75) is 6.18 Å². The van der Waals surface area contributed by atoms with E-state index in [1.54, 1.807) is 6.07 Å². The van der Waals surface area contributed by atoms with Gasteiger partial charge in [0.2, 0.25) is 0 Å². The lowest BCUT2D eigenvalue weighted by Crippen LogP contribution is -2.07. The molecule has 6 heteroatoms. The maximum absolute atomic E-state index is 12.8. The average molecular weight is 257 g/mol. The van der Waals surface area contributed by atoms with Crippen molar-refractivity contribution in [1.82, 2.24) is 4.98 Å². The van der Waals surface area contributed by atoms with Gasteiger partial charge < -0.3 is 0 Å². The number of pyridine rings is 1. The van der Waals surface area contributed by atoms with Crippen LogP contribution in [-0.2, 0) is 6.18 Å². The molecular formula is C11H4ClF3N2. The molecule has 2 rings (SSSR count). The van der Waals surface area contributed by atoms with Crippen molar-refractivity contribution in [3.8, 4) is 6.07 Å². The topological polar surface area (TPSA) is 36.7 Å². The normalized spacial score (nSPS) is 11.5. The number of nitriles is 1. The molecule has 86 valence electrons. The summed E-state index contributed by atoms with van der Waals surface area (Å²) in [7, 11) is 0.